The molecule has 0 radical (unpaired) electrons. The summed E-state index contributed by atoms with van der Waals surface area (Å²) in [5, 5.41) is 0. The van der Waals surface area contributed by atoms with Gasteiger partial charge in [0.05, 0.1) is 11.7 Å². The molecule has 1 heterocycles. The number of ether oxygens (including phenoxy) is 3. The van der Waals surface area contributed by atoms with Gasteiger partial charge in [0.15, 0.2) is 6.29 Å². The lowest BCUT2D eigenvalue weighted by Gasteiger charge is -2.43. The van der Waals surface area contributed by atoms with E-state index in [2.05, 4.69) is 20.8 Å². The molecule has 1 fully saturated rings. The second-order valence-electron chi connectivity index (χ2n) is 9.22. The Morgan fingerprint density at radius 3 is 2.30 bits per heavy atom. The topological polar surface area (TPSA) is 78.9 Å². The number of aldehydes is 1. The number of benzene rings is 1. The molecule has 5 unspecified atom stereocenters. The first-order valence-electron chi connectivity index (χ1n) is 12.4. The van der Waals surface area contributed by atoms with Gasteiger partial charge in [-0.15, -0.1) is 0 Å². The monoisotopic (exact) mass is 460 g/mol. The van der Waals surface area contributed by atoms with E-state index in [-0.39, 0.29) is 42.6 Å². The standard InChI is InChI=1S/C27H40O6/c1-20-21(2)25(19-32-26(30)23-13-7-6-8-14-23)33-27(22(20)3)31-18-12-10-16-24(29)15-9-4-5-11-17-28/h6-8,13-14,17,20-22,25,27H,4-5,9-12,15-16,18-19H2,1-3H3. The number of ketones is 1. The van der Waals surface area contributed by atoms with Crippen molar-refractivity contribution >= 4 is 18.0 Å². The molecule has 1 aromatic rings. The molecule has 0 aliphatic carbocycles. The average Bonchev–Trinajstić information content (AvgIpc) is 2.83. The van der Waals surface area contributed by atoms with Crippen molar-refractivity contribution in [1.82, 2.24) is 0 Å². The highest BCUT2D eigenvalue weighted by molar-refractivity contribution is 5.89. The molecule has 6 heteroatoms. The molecule has 1 aliphatic heterocycles. The Morgan fingerprint density at radius 1 is 0.909 bits per heavy atom. The Kier molecular flexibility index (Phi) is 12.3. The van der Waals surface area contributed by atoms with E-state index in [1.165, 1.54) is 0 Å². The first-order valence-corrected chi connectivity index (χ1v) is 12.4. The highest BCUT2D eigenvalue weighted by Crippen LogP contribution is 2.35. The third-order valence-electron chi connectivity index (χ3n) is 6.78. The largest absolute Gasteiger partial charge is 0.459 e. The number of hydrogen-bond acceptors (Lipinski definition) is 6. The van der Waals surface area contributed by atoms with Gasteiger partial charge in [0.25, 0.3) is 0 Å². The number of carbonyl (C=O) groups is 3. The molecule has 0 aromatic heterocycles. The van der Waals surface area contributed by atoms with Crippen molar-refractivity contribution < 1.29 is 28.6 Å². The zero-order valence-electron chi connectivity index (χ0n) is 20.4. The van der Waals surface area contributed by atoms with Gasteiger partial charge in [-0.2, -0.15) is 0 Å². The second kappa shape index (κ2) is 15.0. The summed E-state index contributed by atoms with van der Waals surface area (Å²) in [4.78, 5) is 34.5. The summed E-state index contributed by atoms with van der Waals surface area (Å²) in [6.45, 7) is 7.19. The van der Waals surface area contributed by atoms with E-state index in [0.29, 0.717) is 37.4 Å². The number of Topliss-reactive ketones (excluding diaryl/α,β-unsaturated/α-hetero) is 1. The molecule has 1 saturated heterocycles. The molecule has 1 aliphatic rings. The van der Waals surface area contributed by atoms with E-state index >= 15 is 0 Å². The van der Waals surface area contributed by atoms with Gasteiger partial charge in [-0.1, -0.05) is 45.4 Å². The van der Waals surface area contributed by atoms with Gasteiger partial charge in [-0.3, -0.25) is 4.79 Å². The third-order valence-corrected chi connectivity index (χ3v) is 6.78. The summed E-state index contributed by atoms with van der Waals surface area (Å²) >= 11 is 0. The number of esters is 1. The molecule has 0 spiro atoms. The van der Waals surface area contributed by atoms with Crippen LogP contribution >= 0.6 is 0 Å². The number of unbranched alkanes of at least 4 members (excludes halogenated alkanes) is 4. The molecule has 6 nitrogen and oxygen atoms in total. The normalized spacial score (nSPS) is 24.9. The quantitative estimate of drug-likeness (QED) is 0.199. The summed E-state index contributed by atoms with van der Waals surface area (Å²) in [5.41, 5.74) is 0.533. The maximum absolute atomic E-state index is 12.3. The Hall–Kier alpha value is -2.05. The molecule has 5 atom stereocenters. The lowest BCUT2D eigenvalue weighted by Crippen LogP contribution is -2.48. The van der Waals surface area contributed by atoms with Crippen LogP contribution in [0.15, 0.2) is 30.3 Å². The van der Waals surface area contributed by atoms with Gasteiger partial charge in [-0.25, -0.2) is 4.79 Å². The van der Waals surface area contributed by atoms with Crippen molar-refractivity contribution in [2.45, 2.75) is 84.5 Å². The van der Waals surface area contributed by atoms with Gasteiger partial charge in [0.1, 0.15) is 18.7 Å². The lowest BCUT2D eigenvalue weighted by atomic mass is 9.79. The minimum atomic E-state index is -0.344. The predicted molar refractivity (Wildman–Crippen MR) is 127 cm³/mol. The van der Waals surface area contributed by atoms with Crippen molar-refractivity contribution in [1.29, 1.82) is 0 Å². The third kappa shape index (κ3) is 9.38. The summed E-state index contributed by atoms with van der Waals surface area (Å²) in [7, 11) is 0. The maximum Gasteiger partial charge on any atom is 0.338 e. The Morgan fingerprint density at radius 2 is 1.61 bits per heavy atom. The van der Waals surface area contributed by atoms with Gasteiger partial charge < -0.3 is 19.0 Å². The molecular weight excluding hydrogens is 420 g/mol. The summed E-state index contributed by atoms with van der Waals surface area (Å²) < 4.78 is 17.7. The van der Waals surface area contributed by atoms with Crippen molar-refractivity contribution in [3.63, 3.8) is 0 Å². The van der Waals surface area contributed by atoms with Gasteiger partial charge in [0.2, 0.25) is 0 Å². The van der Waals surface area contributed by atoms with Crippen LogP contribution in [0.4, 0.5) is 0 Å². The predicted octanol–water partition coefficient (Wildman–Crippen LogP) is 5.38. The zero-order valence-corrected chi connectivity index (χ0v) is 20.4. The van der Waals surface area contributed by atoms with Crippen LogP contribution in [0, 0.1) is 17.8 Å². The van der Waals surface area contributed by atoms with E-state index in [0.717, 1.165) is 38.4 Å². The Bertz CT molecular complexity index is 719. The van der Waals surface area contributed by atoms with Crippen LogP contribution in [0.3, 0.4) is 0 Å². The van der Waals surface area contributed by atoms with Crippen LogP contribution in [0.2, 0.25) is 0 Å². The summed E-state index contributed by atoms with van der Waals surface area (Å²) in [6.07, 6.45) is 6.41. The summed E-state index contributed by atoms with van der Waals surface area (Å²) in [5.74, 6) is 0.779. The fourth-order valence-corrected chi connectivity index (χ4v) is 4.16. The Balaban J connectivity index is 1.68. The zero-order chi connectivity index (χ0) is 24.1. The smallest absolute Gasteiger partial charge is 0.338 e. The van der Waals surface area contributed by atoms with Gasteiger partial charge in [0, 0.05) is 31.8 Å². The van der Waals surface area contributed by atoms with Crippen LogP contribution in [0.5, 0.6) is 0 Å². The molecule has 184 valence electrons. The van der Waals surface area contributed by atoms with Gasteiger partial charge in [-0.05, 0) is 49.7 Å². The first-order chi connectivity index (χ1) is 15.9. The van der Waals surface area contributed by atoms with E-state index in [1.54, 1.807) is 12.1 Å². The van der Waals surface area contributed by atoms with Crippen molar-refractivity contribution in [2.75, 3.05) is 13.2 Å². The van der Waals surface area contributed by atoms with E-state index in [1.807, 2.05) is 18.2 Å². The minimum absolute atomic E-state index is 0.202. The van der Waals surface area contributed by atoms with Crippen LogP contribution in [0.1, 0.15) is 82.5 Å². The van der Waals surface area contributed by atoms with E-state index in [4.69, 9.17) is 14.2 Å². The average molecular weight is 461 g/mol. The first kappa shape index (κ1) is 27.2. The minimum Gasteiger partial charge on any atom is -0.459 e. The van der Waals surface area contributed by atoms with Crippen LogP contribution in [-0.2, 0) is 23.8 Å². The SMILES string of the molecule is CC1C(COC(=O)c2ccccc2)OC(OCCCCC(=O)CCCCCC=O)C(C)C1C. The van der Waals surface area contributed by atoms with Crippen LogP contribution in [0.25, 0.3) is 0 Å². The van der Waals surface area contributed by atoms with E-state index in [9.17, 15) is 14.4 Å². The molecular formula is C27H40O6. The highest BCUT2D eigenvalue weighted by Gasteiger charge is 2.40. The van der Waals surface area contributed by atoms with Gasteiger partial charge >= 0.3 is 5.97 Å². The number of rotatable bonds is 15. The summed E-state index contributed by atoms with van der Waals surface area (Å²) in [6, 6.07) is 8.97. The van der Waals surface area contributed by atoms with E-state index < -0.39 is 0 Å². The molecule has 33 heavy (non-hydrogen) atoms. The molecule has 1 aromatic carbocycles. The molecule has 0 N–H and O–H groups in total. The number of hydrogen-bond donors (Lipinski definition) is 0. The number of carbonyl (C=O) groups excluding carboxylic acids is 3. The lowest BCUT2D eigenvalue weighted by molar-refractivity contribution is -0.254. The van der Waals surface area contributed by atoms with Crippen molar-refractivity contribution in [3.8, 4) is 0 Å². The Labute approximate surface area is 198 Å². The maximum atomic E-state index is 12.3. The molecule has 2 rings (SSSR count). The highest BCUT2D eigenvalue weighted by atomic mass is 16.7. The molecule has 0 saturated carbocycles. The molecule has 0 bridgehead atoms. The van der Waals surface area contributed by atoms with Crippen LogP contribution in [-0.4, -0.2) is 43.6 Å². The van der Waals surface area contributed by atoms with Crippen LogP contribution < -0.4 is 0 Å². The van der Waals surface area contributed by atoms with Crippen molar-refractivity contribution in [3.05, 3.63) is 35.9 Å². The fourth-order valence-electron chi connectivity index (χ4n) is 4.16. The van der Waals surface area contributed by atoms with Crippen molar-refractivity contribution in [2.24, 2.45) is 17.8 Å². The molecule has 0 amide bonds. The fraction of sp³-hybridized carbons (Fsp3) is 0.667. The second-order valence-corrected chi connectivity index (χ2v) is 9.22.